The smallest absolute Gasteiger partial charge is 0.312 e. The van der Waals surface area contributed by atoms with Crippen molar-refractivity contribution in [2.45, 2.75) is 39.2 Å². The van der Waals surface area contributed by atoms with Crippen LogP contribution in [0.15, 0.2) is 0 Å². The molecule has 132 valence electrons. The van der Waals surface area contributed by atoms with Crippen molar-refractivity contribution in [3.05, 3.63) is 0 Å². The highest BCUT2D eigenvalue weighted by molar-refractivity contribution is 7.90. The van der Waals surface area contributed by atoms with Gasteiger partial charge in [0, 0.05) is 19.6 Å². The fraction of sp³-hybridized carbons (Fsp3) is 0.929. The molecule has 0 unspecified atom stereocenters. The third-order valence-corrected chi connectivity index (χ3v) is 10.3. The fourth-order valence-electron chi connectivity index (χ4n) is 5.06. The predicted octanol–water partition coefficient (Wildman–Crippen LogP) is 1.84. The summed E-state index contributed by atoms with van der Waals surface area (Å²) in [5, 5.41) is 0. The molecular formula is C14H24NO6PS. The maximum atomic E-state index is 12.7. The predicted molar refractivity (Wildman–Crippen MR) is 84.5 cm³/mol. The van der Waals surface area contributed by atoms with E-state index in [1.165, 1.54) is 14.2 Å². The zero-order valence-corrected chi connectivity index (χ0v) is 15.7. The minimum Gasteiger partial charge on any atom is -0.312 e. The van der Waals surface area contributed by atoms with Crippen LogP contribution in [0, 0.1) is 16.7 Å². The largest absolute Gasteiger partial charge is 0.339 e. The number of fused-ring (bicyclic) bond motifs is 1. The summed E-state index contributed by atoms with van der Waals surface area (Å²) in [5.74, 6) is -0.248. The third kappa shape index (κ3) is 2.18. The van der Waals surface area contributed by atoms with Gasteiger partial charge in [-0.1, -0.05) is 13.8 Å². The van der Waals surface area contributed by atoms with Crippen molar-refractivity contribution in [1.29, 1.82) is 0 Å². The van der Waals surface area contributed by atoms with Gasteiger partial charge >= 0.3 is 7.60 Å². The van der Waals surface area contributed by atoms with E-state index in [4.69, 9.17) is 9.05 Å². The molecule has 3 rings (SSSR count). The fourth-order valence-corrected chi connectivity index (χ4v) is 8.59. The molecule has 1 spiro atoms. The molecule has 0 N–H and O–H groups in total. The number of rotatable bonds is 4. The highest BCUT2D eigenvalue weighted by Crippen LogP contribution is 2.70. The van der Waals surface area contributed by atoms with Crippen LogP contribution >= 0.6 is 7.60 Å². The summed E-state index contributed by atoms with van der Waals surface area (Å²) in [5.41, 5.74) is -0.484. The molecule has 2 bridgehead atoms. The molecule has 2 aliphatic carbocycles. The van der Waals surface area contributed by atoms with E-state index >= 15 is 0 Å². The van der Waals surface area contributed by atoms with Crippen LogP contribution in [-0.2, 0) is 28.4 Å². The van der Waals surface area contributed by atoms with Crippen molar-refractivity contribution in [3.63, 3.8) is 0 Å². The summed E-state index contributed by atoms with van der Waals surface area (Å²) in [6, 6.07) is -0.323. The maximum absolute atomic E-state index is 12.7. The molecule has 1 amide bonds. The quantitative estimate of drug-likeness (QED) is 0.706. The summed E-state index contributed by atoms with van der Waals surface area (Å²) >= 11 is 0. The van der Waals surface area contributed by atoms with Gasteiger partial charge in [-0.25, -0.2) is 12.7 Å². The van der Waals surface area contributed by atoms with E-state index < -0.39 is 29.7 Å². The number of carbonyl (C=O) groups is 1. The summed E-state index contributed by atoms with van der Waals surface area (Å²) in [6.45, 7) is 4.23. The molecule has 3 aliphatic rings. The van der Waals surface area contributed by atoms with E-state index in [0.29, 0.717) is 12.3 Å². The normalized spacial score (nSPS) is 37.1. The van der Waals surface area contributed by atoms with Gasteiger partial charge in [-0.2, -0.15) is 0 Å². The molecular weight excluding hydrogens is 341 g/mol. The van der Waals surface area contributed by atoms with Gasteiger partial charge in [-0.05, 0) is 30.6 Å². The zero-order valence-electron chi connectivity index (χ0n) is 13.9. The number of hydrogen-bond acceptors (Lipinski definition) is 6. The van der Waals surface area contributed by atoms with Crippen molar-refractivity contribution in [3.8, 4) is 0 Å². The van der Waals surface area contributed by atoms with Gasteiger partial charge in [0.1, 0.15) is 6.16 Å². The van der Waals surface area contributed by atoms with E-state index in [2.05, 4.69) is 13.8 Å². The van der Waals surface area contributed by atoms with E-state index in [-0.39, 0.29) is 22.6 Å². The average molecular weight is 365 g/mol. The van der Waals surface area contributed by atoms with Gasteiger partial charge < -0.3 is 9.05 Å². The van der Waals surface area contributed by atoms with Crippen LogP contribution in [0.25, 0.3) is 0 Å². The number of hydrogen-bond donors (Lipinski definition) is 0. The summed E-state index contributed by atoms with van der Waals surface area (Å²) in [4.78, 5) is 12.6. The van der Waals surface area contributed by atoms with E-state index in [1.807, 2.05) is 0 Å². The van der Waals surface area contributed by atoms with Gasteiger partial charge in [0.15, 0.2) is 0 Å². The second-order valence-electron chi connectivity index (χ2n) is 7.44. The summed E-state index contributed by atoms with van der Waals surface area (Å²) < 4.78 is 48.2. The molecule has 2 saturated carbocycles. The molecule has 1 aliphatic heterocycles. The van der Waals surface area contributed by atoms with Gasteiger partial charge in [0.25, 0.3) is 0 Å². The number of amides is 1. The Balaban J connectivity index is 1.95. The first-order chi connectivity index (χ1) is 10.5. The van der Waals surface area contributed by atoms with Crippen molar-refractivity contribution in [1.82, 2.24) is 4.31 Å². The van der Waals surface area contributed by atoms with Crippen LogP contribution in [0.4, 0.5) is 0 Å². The lowest BCUT2D eigenvalue weighted by Gasteiger charge is -2.37. The van der Waals surface area contributed by atoms with Crippen LogP contribution in [0.1, 0.15) is 33.1 Å². The Hall–Kier alpha value is -0.430. The number of carbonyl (C=O) groups excluding carboxylic acids is 1. The topological polar surface area (TPSA) is 90.0 Å². The van der Waals surface area contributed by atoms with Crippen molar-refractivity contribution < 1.29 is 26.8 Å². The zero-order chi connectivity index (χ0) is 17.3. The Morgan fingerprint density at radius 2 is 1.91 bits per heavy atom. The standard InChI is InChI=1S/C14H24NO6PS/c1-13(2)10-5-6-14(13)9-23(18,19)15(11(14)7-10)12(16)8-22(17,20-3)21-4/h10-11H,5-9H2,1-4H3/t10-,11+,14-/m0/s1. The first-order valence-corrected chi connectivity index (χ1v) is 11.1. The number of sulfonamides is 1. The lowest BCUT2D eigenvalue weighted by Crippen LogP contribution is -2.45. The first-order valence-electron chi connectivity index (χ1n) is 7.78. The van der Waals surface area contributed by atoms with Crippen LogP contribution in [0.2, 0.25) is 0 Å². The molecule has 1 heterocycles. The summed E-state index contributed by atoms with van der Waals surface area (Å²) in [6.07, 6.45) is 1.99. The van der Waals surface area contributed by atoms with Crippen LogP contribution < -0.4 is 0 Å². The second kappa shape index (κ2) is 5.04. The molecule has 23 heavy (non-hydrogen) atoms. The Kier molecular flexibility index (Phi) is 3.81. The van der Waals surface area contributed by atoms with E-state index in [0.717, 1.165) is 17.1 Å². The van der Waals surface area contributed by atoms with Gasteiger partial charge in [-0.3, -0.25) is 9.36 Å². The SMILES string of the molecule is COP(=O)(CC(=O)N1[C@@H]2C[C@@H]3CC[C@@]2(CS1(=O)=O)C3(C)C)OC. The molecule has 3 fully saturated rings. The Morgan fingerprint density at radius 3 is 2.43 bits per heavy atom. The third-order valence-electron chi connectivity index (χ3n) is 6.54. The molecule has 1 saturated heterocycles. The van der Waals surface area contributed by atoms with Gasteiger partial charge in [0.2, 0.25) is 15.9 Å². The van der Waals surface area contributed by atoms with Crippen LogP contribution in [0.5, 0.6) is 0 Å². The molecule has 0 radical (unpaired) electrons. The van der Waals surface area contributed by atoms with Gasteiger partial charge in [0.05, 0.1) is 11.8 Å². The molecule has 9 heteroatoms. The Morgan fingerprint density at radius 1 is 1.30 bits per heavy atom. The van der Waals surface area contributed by atoms with Crippen molar-refractivity contribution in [2.24, 2.45) is 16.7 Å². The average Bonchev–Trinajstić information content (AvgIpc) is 2.93. The number of nitrogens with zero attached hydrogens (tertiary/aromatic N) is 1. The summed E-state index contributed by atoms with van der Waals surface area (Å²) in [7, 11) is -4.90. The maximum Gasteiger partial charge on any atom is 0.339 e. The van der Waals surface area contributed by atoms with Crippen molar-refractivity contribution in [2.75, 3.05) is 26.1 Å². The minimum absolute atomic E-state index is 0.00414. The van der Waals surface area contributed by atoms with Gasteiger partial charge in [-0.15, -0.1) is 0 Å². The van der Waals surface area contributed by atoms with Crippen LogP contribution in [-0.4, -0.2) is 50.8 Å². The molecule has 0 aromatic rings. The second-order valence-corrected chi connectivity index (χ2v) is 11.6. The lowest BCUT2D eigenvalue weighted by molar-refractivity contribution is -0.126. The molecule has 0 aromatic carbocycles. The van der Waals surface area contributed by atoms with Crippen molar-refractivity contribution >= 4 is 23.5 Å². The highest BCUT2D eigenvalue weighted by Gasteiger charge is 2.72. The minimum atomic E-state index is -3.70. The highest BCUT2D eigenvalue weighted by atomic mass is 32.2. The molecule has 3 atom stereocenters. The first kappa shape index (κ1) is 17.4. The van der Waals surface area contributed by atoms with E-state index in [1.54, 1.807) is 0 Å². The molecule has 0 aromatic heterocycles. The lowest BCUT2D eigenvalue weighted by atomic mass is 9.69. The Bertz CT molecular complexity index is 681. The monoisotopic (exact) mass is 365 g/mol. The van der Waals surface area contributed by atoms with Crippen LogP contribution in [0.3, 0.4) is 0 Å². The Labute approximate surface area is 137 Å². The molecule has 7 nitrogen and oxygen atoms in total. The van der Waals surface area contributed by atoms with E-state index in [9.17, 15) is 17.8 Å².